The molecule has 3 N–H and O–H groups in total. The van der Waals surface area contributed by atoms with E-state index in [1.807, 2.05) is 4.90 Å². The molecule has 0 aromatic carbocycles. The van der Waals surface area contributed by atoms with Gasteiger partial charge in [-0.15, -0.1) is 0 Å². The zero-order chi connectivity index (χ0) is 14.8. The van der Waals surface area contributed by atoms with Gasteiger partial charge in [0.15, 0.2) is 5.84 Å². The van der Waals surface area contributed by atoms with Crippen LogP contribution in [-0.4, -0.2) is 34.4 Å². The molecule has 0 spiro atoms. The van der Waals surface area contributed by atoms with Crippen LogP contribution in [0.2, 0.25) is 0 Å². The lowest BCUT2D eigenvalue weighted by molar-refractivity contribution is -0.141. The average molecular weight is 281 g/mol. The normalized spacial score (nSPS) is 27.1. The summed E-state index contributed by atoms with van der Waals surface area (Å²) >= 11 is 0. The molecule has 1 saturated heterocycles. The number of carbonyl (C=O) groups excluding carboxylic acids is 1. The van der Waals surface area contributed by atoms with Gasteiger partial charge in [-0.1, -0.05) is 38.3 Å². The first-order valence-electron chi connectivity index (χ1n) is 7.82. The molecular weight excluding hydrogens is 254 g/mol. The summed E-state index contributed by atoms with van der Waals surface area (Å²) in [6.07, 6.45) is 6.62. The molecule has 1 saturated carbocycles. The highest BCUT2D eigenvalue weighted by Crippen LogP contribution is 2.40. The molecule has 1 heterocycles. The van der Waals surface area contributed by atoms with Crippen molar-refractivity contribution in [2.45, 2.75) is 64.8 Å². The number of likely N-dealkylation sites (tertiary alicyclic amines) is 1. The maximum absolute atomic E-state index is 13.1. The minimum absolute atomic E-state index is 0.0868. The topological polar surface area (TPSA) is 78.9 Å². The molecule has 1 amide bonds. The molecule has 2 aliphatic rings. The van der Waals surface area contributed by atoms with Gasteiger partial charge in [-0.2, -0.15) is 0 Å². The molecule has 5 nitrogen and oxygen atoms in total. The van der Waals surface area contributed by atoms with Gasteiger partial charge in [-0.25, -0.2) is 0 Å². The molecule has 2 rings (SSSR count). The Kier molecular flexibility index (Phi) is 4.55. The number of nitrogens with two attached hydrogens (primary N) is 1. The van der Waals surface area contributed by atoms with Crippen molar-refractivity contribution in [2.24, 2.45) is 22.2 Å². The maximum Gasteiger partial charge on any atom is 0.236 e. The van der Waals surface area contributed by atoms with Crippen LogP contribution >= 0.6 is 0 Å². The van der Waals surface area contributed by atoms with E-state index in [0.29, 0.717) is 24.8 Å². The number of oxime groups is 1. The standard InChI is InChI=1S/C15H27N3O2/c1-11(2)12-7-6-10-18(12)14(19)15(13(16)17-20)8-4-3-5-9-15/h11-12,20H,3-10H2,1-2H3,(H2,16,17). The summed E-state index contributed by atoms with van der Waals surface area (Å²) in [7, 11) is 0. The highest BCUT2D eigenvalue weighted by Gasteiger charge is 2.48. The van der Waals surface area contributed by atoms with Crippen molar-refractivity contribution in [3.8, 4) is 0 Å². The van der Waals surface area contributed by atoms with E-state index in [0.717, 1.165) is 38.6 Å². The molecular formula is C15H27N3O2. The van der Waals surface area contributed by atoms with Gasteiger partial charge in [0, 0.05) is 12.6 Å². The Morgan fingerprint density at radius 3 is 2.50 bits per heavy atom. The molecule has 1 aliphatic heterocycles. The van der Waals surface area contributed by atoms with E-state index in [4.69, 9.17) is 10.9 Å². The predicted octanol–water partition coefficient (Wildman–Crippen LogP) is 2.33. The number of amidine groups is 1. The van der Waals surface area contributed by atoms with E-state index in [1.165, 1.54) is 0 Å². The van der Waals surface area contributed by atoms with Gasteiger partial charge in [0.2, 0.25) is 5.91 Å². The molecule has 0 bridgehead atoms. The Bertz CT molecular complexity index is 387. The van der Waals surface area contributed by atoms with Crippen LogP contribution in [0.3, 0.4) is 0 Å². The van der Waals surface area contributed by atoms with Crippen LogP contribution in [0.25, 0.3) is 0 Å². The summed E-state index contributed by atoms with van der Waals surface area (Å²) in [5.74, 6) is 0.648. The van der Waals surface area contributed by atoms with Crippen LogP contribution in [0.15, 0.2) is 5.16 Å². The molecule has 20 heavy (non-hydrogen) atoms. The number of amides is 1. The van der Waals surface area contributed by atoms with Gasteiger partial charge in [0.1, 0.15) is 5.41 Å². The van der Waals surface area contributed by atoms with Gasteiger partial charge in [0.25, 0.3) is 0 Å². The maximum atomic E-state index is 13.1. The van der Waals surface area contributed by atoms with Crippen LogP contribution in [0, 0.1) is 11.3 Å². The first-order chi connectivity index (χ1) is 9.53. The highest BCUT2D eigenvalue weighted by molar-refractivity contribution is 6.07. The van der Waals surface area contributed by atoms with Crippen molar-refractivity contribution in [1.82, 2.24) is 4.90 Å². The van der Waals surface area contributed by atoms with Gasteiger partial charge < -0.3 is 15.8 Å². The number of rotatable bonds is 3. The number of hydrogen-bond donors (Lipinski definition) is 2. The summed E-state index contributed by atoms with van der Waals surface area (Å²) in [6, 6.07) is 0.299. The summed E-state index contributed by atoms with van der Waals surface area (Å²) < 4.78 is 0. The fraction of sp³-hybridized carbons (Fsp3) is 0.867. The molecule has 0 aromatic rings. The Balaban J connectivity index is 2.27. The predicted molar refractivity (Wildman–Crippen MR) is 78.5 cm³/mol. The van der Waals surface area contributed by atoms with Gasteiger partial charge in [-0.05, 0) is 31.6 Å². The molecule has 0 aromatic heterocycles. The minimum atomic E-state index is -0.759. The van der Waals surface area contributed by atoms with E-state index in [2.05, 4.69) is 19.0 Å². The van der Waals surface area contributed by atoms with Crippen molar-refractivity contribution < 1.29 is 10.0 Å². The lowest BCUT2D eigenvalue weighted by Gasteiger charge is -2.40. The van der Waals surface area contributed by atoms with Crippen LogP contribution in [0.5, 0.6) is 0 Å². The molecule has 1 aliphatic carbocycles. The third-order valence-corrected chi connectivity index (χ3v) is 5.04. The molecule has 5 heteroatoms. The summed E-state index contributed by atoms with van der Waals surface area (Å²) in [4.78, 5) is 15.1. The Morgan fingerprint density at radius 1 is 1.30 bits per heavy atom. The van der Waals surface area contributed by atoms with Crippen LogP contribution in [-0.2, 0) is 4.79 Å². The molecule has 0 radical (unpaired) electrons. The lowest BCUT2D eigenvalue weighted by Crippen LogP contribution is -2.54. The van der Waals surface area contributed by atoms with Crippen LogP contribution in [0.1, 0.15) is 58.8 Å². The van der Waals surface area contributed by atoms with Crippen LogP contribution in [0.4, 0.5) is 0 Å². The molecule has 114 valence electrons. The quantitative estimate of drug-likeness (QED) is 0.361. The van der Waals surface area contributed by atoms with Crippen molar-refractivity contribution in [3.63, 3.8) is 0 Å². The Hall–Kier alpha value is -1.26. The van der Waals surface area contributed by atoms with Crippen molar-refractivity contribution in [2.75, 3.05) is 6.54 Å². The Morgan fingerprint density at radius 2 is 1.95 bits per heavy atom. The van der Waals surface area contributed by atoms with Crippen LogP contribution < -0.4 is 5.73 Å². The first-order valence-corrected chi connectivity index (χ1v) is 7.82. The summed E-state index contributed by atoms with van der Waals surface area (Å²) in [6.45, 7) is 5.13. The molecule has 2 fully saturated rings. The number of nitrogens with zero attached hydrogens (tertiary/aromatic N) is 2. The van der Waals surface area contributed by atoms with Gasteiger partial charge in [-0.3, -0.25) is 4.79 Å². The second kappa shape index (κ2) is 6.02. The van der Waals surface area contributed by atoms with Gasteiger partial charge >= 0.3 is 0 Å². The van der Waals surface area contributed by atoms with E-state index in [9.17, 15) is 4.79 Å². The first kappa shape index (κ1) is 15.1. The van der Waals surface area contributed by atoms with Crippen molar-refractivity contribution >= 4 is 11.7 Å². The SMILES string of the molecule is CC(C)C1CCCN1C(=O)C1(C(N)=NO)CCCCC1. The Labute approximate surface area is 121 Å². The second-order valence-corrected chi connectivity index (χ2v) is 6.58. The lowest BCUT2D eigenvalue weighted by atomic mass is 9.71. The van der Waals surface area contributed by atoms with E-state index in [1.54, 1.807) is 0 Å². The monoisotopic (exact) mass is 281 g/mol. The average Bonchev–Trinajstić information content (AvgIpc) is 2.95. The highest BCUT2D eigenvalue weighted by atomic mass is 16.4. The zero-order valence-corrected chi connectivity index (χ0v) is 12.6. The van der Waals surface area contributed by atoms with E-state index < -0.39 is 5.41 Å². The fourth-order valence-electron chi connectivity index (χ4n) is 3.84. The molecule has 1 unspecified atom stereocenters. The summed E-state index contributed by atoms with van der Waals surface area (Å²) in [5.41, 5.74) is 5.17. The van der Waals surface area contributed by atoms with E-state index in [-0.39, 0.29) is 11.7 Å². The van der Waals surface area contributed by atoms with E-state index >= 15 is 0 Å². The zero-order valence-electron chi connectivity index (χ0n) is 12.6. The third-order valence-electron chi connectivity index (χ3n) is 5.04. The minimum Gasteiger partial charge on any atom is -0.409 e. The second-order valence-electron chi connectivity index (χ2n) is 6.58. The summed E-state index contributed by atoms with van der Waals surface area (Å²) in [5, 5.41) is 12.3. The van der Waals surface area contributed by atoms with Crippen molar-refractivity contribution in [1.29, 1.82) is 0 Å². The van der Waals surface area contributed by atoms with Gasteiger partial charge in [0.05, 0.1) is 0 Å². The smallest absolute Gasteiger partial charge is 0.236 e. The number of carbonyl (C=O) groups is 1. The van der Waals surface area contributed by atoms with Crippen molar-refractivity contribution in [3.05, 3.63) is 0 Å². The fourth-order valence-corrected chi connectivity index (χ4v) is 3.84. The third kappa shape index (κ3) is 2.50. The largest absolute Gasteiger partial charge is 0.409 e. The molecule has 1 atom stereocenters. The number of hydrogen-bond acceptors (Lipinski definition) is 3.